The van der Waals surface area contributed by atoms with Crippen LogP contribution in [-0.2, 0) is 10.0 Å². The Labute approximate surface area is 149 Å². The van der Waals surface area contributed by atoms with Gasteiger partial charge in [0.15, 0.2) is 5.76 Å². The highest BCUT2D eigenvalue weighted by Crippen LogP contribution is 2.26. The van der Waals surface area contributed by atoms with E-state index in [1.807, 2.05) is 30.3 Å². The third kappa shape index (κ3) is 4.09. The fourth-order valence-corrected chi connectivity index (χ4v) is 2.95. The maximum Gasteiger partial charge on any atom is 0.292 e. The second-order valence-electron chi connectivity index (χ2n) is 5.55. The number of amides is 1. The monoisotopic (exact) mass is 374 g/mol. The molecule has 0 aliphatic heterocycles. The van der Waals surface area contributed by atoms with Crippen molar-refractivity contribution in [3.8, 4) is 11.1 Å². The van der Waals surface area contributed by atoms with Crippen molar-refractivity contribution < 1.29 is 22.0 Å². The second kappa shape index (κ2) is 7.01. The number of hydrogen-bond acceptors (Lipinski definition) is 4. The zero-order valence-electron chi connectivity index (χ0n) is 13.7. The predicted octanol–water partition coefficient (Wildman–Crippen LogP) is 3.71. The topological polar surface area (TPSA) is 88.4 Å². The first-order valence-electron chi connectivity index (χ1n) is 7.55. The predicted molar refractivity (Wildman–Crippen MR) is 97.0 cm³/mol. The first kappa shape index (κ1) is 17.7. The molecule has 0 fully saturated rings. The van der Waals surface area contributed by atoms with Gasteiger partial charge in [-0.3, -0.25) is 9.52 Å². The fourth-order valence-electron chi connectivity index (χ4n) is 2.40. The average Bonchev–Trinajstić information content (AvgIpc) is 3.07. The molecule has 0 bridgehead atoms. The van der Waals surface area contributed by atoms with Crippen LogP contribution in [0.25, 0.3) is 11.1 Å². The van der Waals surface area contributed by atoms with E-state index >= 15 is 0 Å². The fraction of sp³-hybridized carbons (Fsp3) is 0.0556. The molecule has 3 rings (SSSR count). The zero-order valence-corrected chi connectivity index (χ0v) is 14.5. The van der Waals surface area contributed by atoms with E-state index in [0.29, 0.717) is 5.56 Å². The lowest BCUT2D eigenvalue weighted by Crippen LogP contribution is -2.14. The van der Waals surface area contributed by atoms with Crippen LogP contribution in [0.4, 0.5) is 15.8 Å². The molecule has 1 amide bonds. The molecule has 0 aliphatic rings. The van der Waals surface area contributed by atoms with Gasteiger partial charge in [-0.2, -0.15) is 0 Å². The molecule has 1 aromatic heterocycles. The van der Waals surface area contributed by atoms with E-state index in [1.54, 1.807) is 6.07 Å². The van der Waals surface area contributed by atoms with E-state index in [-0.39, 0.29) is 17.1 Å². The summed E-state index contributed by atoms with van der Waals surface area (Å²) in [6.07, 6.45) is 2.31. The normalized spacial score (nSPS) is 11.2. The highest BCUT2D eigenvalue weighted by molar-refractivity contribution is 7.92. The van der Waals surface area contributed by atoms with Crippen LogP contribution in [0.15, 0.2) is 65.3 Å². The van der Waals surface area contributed by atoms with E-state index in [9.17, 15) is 17.6 Å². The molecule has 26 heavy (non-hydrogen) atoms. The molecule has 0 aliphatic carbocycles. The molecule has 2 aromatic carbocycles. The summed E-state index contributed by atoms with van der Waals surface area (Å²) in [5.74, 6) is -1.19. The highest BCUT2D eigenvalue weighted by Gasteiger charge is 2.18. The summed E-state index contributed by atoms with van der Waals surface area (Å²) < 4.78 is 43.7. The van der Waals surface area contributed by atoms with Crippen LogP contribution >= 0.6 is 0 Å². The van der Waals surface area contributed by atoms with Crippen molar-refractivity contribution in [2.24, 2.45) is 0 Å². The number of benzene rings is 2. The smallest absolute Gasteiger partial charge is 0.292 e. The van der Waals surface area contributed by atoms with Crippen LogP contribution in [0, 0.1) is 5.82 Å². The molecular formula is C18H15FN2O4S. The van der Waals surface area contributed by atoms with Crippen molar-refractivity contribution in [2.75, 3.05) is 16.3 Å². The first-order chi connectivity index (χ1) is 12.3. The van der Waals surface area contributed by atoms with Crippen molar-refractivity contribution in [1.29, 1.82) is 0 Å². The summed E-state index contributed by atoms with van der Waals surface area (Å²) in [6.45, 7) is 0. The van der Waals surface area contributed by atoms with Gasteiger partial charge in [0.25, 0.3) is 5.91 Å². The molecule has 0 spiro atoms. The van der Waals surface area contributed by atoms with Crippen molar-refractivity contribution in [2.45, 2.75) is 0 Å². The summed E-state index contributed by atoms with van der Waals surface area (Å²) in [7, 11) is -3.65. The lowest BCUT2D eigenvalue weighted by molar-refractivity contribution is 0.0997. The number of furan rings is 1. The summed E-state index contributed by atoms with van der Waals surface area (Å²) in [6, 6.07) is 14.5. The molecule has 0 atom stereocenters. The van der Waals surface area contributed by atoms with Crippen LogP contribution in [0.5, 0.6) is 0 Å². The molecule has 0 saturated carbocycles. The number of carbonyl (C=O) groups is 1. The minimum absolute atomic E-state index is 0.0955. The Balaban J connectivity index is 1.86. The van der Waals surface area contributed by atoms with E-state index in [1.165, 1.54) is 18.4 Å². The van der Waals surface area contributed by atoms with Crippen molar-refractivity contribution in [3.05, 3.63) is 72.4 Å². The zero-order chi connectivity index (χ0) is 18.7. The van der Waals surface area contributed by atoms with Gasteiger partial charge in [0.2, 0.25) is 10.0 Å². The van der Waals surface area contributed by atoms with Gasteiger partial charge in [-0.1, -0.05) is 30.3 Å². The molecule has 3 aromatic rings. The Morgan fingerprint density at radius 3 is 2.50 bits per heavy atom. The van der Waals surface area contributed by atoms with Crippen molar-refractivity contribution in [3.63, 3.8) is 0 Å². The van der Waals surface area contributed by atoms with Gasteiger partial charge in [-0.15, -0.1) is 0 Å². The molecule has 2 N–H and O–H groups in total. The first-order valence-corrected chi connectivity index (χ1v) is 9.44. The number of carbonyl (C=O) groups excluding carboxylic acids is 1. The largest absolute Gasteiger partial charge is 0.459 e. The molecule has 134 valence electrons. The molecule has 0 radical (unpaired) electrons. The van der Waals surface area contributed by atoms with Crippen LogP contribution < -0.4 is 10.0 Å². The minimum atomic E-state index is -3.65. The number of hydrogen-bond donors (Lipinski definition) is 2. The molecule has 0 unspecified atom stereocenters. The standard InChI is InChI=1S/C18H15FN2O4S/c1-26(23,24)21-16-11-13(7-8-15(16)19)20-18(22)17-14(9-10-25-17)12-5-3-2-4-6-12/h2-11,21H,1H3,(H,20,22). The van der Waals surface area contributed by atoms with Crippen LogP contribution in [0.1, 0.15) is 10.6 Å². The minimum Gasteiger partial charge on any atom is -0.459 e. The summed E-state index contributed by atoms with van der Waals surface area (Å²) in [4.78, 5) is 12.5. The van der Waals surface area contributed by atoms with Gasteiger partial charge < -0.3 is 9.73 Å². The van der Waals surface area contributed by atoms with Gasteiger partial charge in [-0.05, 0) is 29.8 Å². The summed E-state index contributed by atoms with van der Waals surface area (Å²) in [5.41, 5.74) is 1.38. The number of sulfonamides is 1. The highest BCUT2D eigenvalue weighted by atomic mass is 32.2. The SMILES string of the molecule is CS(=O)(=O)Nc1cc(NC(=O)c2occc2-c2ccccc2)ccc1F. The number of halogens is 1. The van der Waals surface area contributed by atoms with E-state index in [0.717, 1.165) is 17.9 Å². The van der Waals surface area contributed by atoms with Crippen LogP contribution in [0.3, 0.4) is 0 Å². The molecule has 1 heterocycles. The van der Waals surface area contributed by atoms with Gasteiger partial charge >= 0.3 is 0 Å². The Morgan fingerprint density at radius 2 is 1.81 bits per heavy atom. The van der Waals surface area contributed by atoms with E-state index < -0.39 is 21.7 Å². The van der Waals surface area contributed by atoms with Gasteiger partial charge in [0, 0.05) is 11.3 Å². The number of rotatable bonds is 5. The molecule has 6 nitrogen and oxygen atoms in total. The van der Waals surface area contributed by atoms with Crippen molar-refractivity contribution >= 4 is 27.3 Å². The number of anilines is 2. The summed E-state index contributed by atoms with van der Waals surface area (Å²) >= 11 is 0. The quantitative estimate of drug-likeness (QED) is 0.713. The summed E-state index contributed by atoms with van der Waals surface area (Å²) in [5, 5.41) is 2.57. The third-order valence-electron chi connectivity index (χ3n) is 3.48. The Kier molecular flexibility index (Phi) is 4.77. The Bertz CT molecular complexity index is 1050. The third-order valence-corrected chi connectivity index (χ3v) is 4.07. The molecule has 8 heteroatoms. The maximum absolute atomic E-state index is 13.7. The Hall–Kier alpha value is -3.13. The lowest BCUT2D eigenvalue weighted by Gasteiger charge is -2.09. The second-order valence-corrected chi connectivity index (χ2v) is 7.30. The Morgan fingerprint density at radius 1 is 1.08 bits per heavy atom. The lowest BCUT2D eigenvalue weighted by atomic mass is 10.1. The molecule has 0 saturated heterocycles. The van der Waals surface area contributed by atoms with E-state index in [4.69, 9.17) is 4.42 Å². The molecular weight excluding hydrogens is 359 g/mol. The van der Waals surface area contributed by atoms with Gasteiger partial charge in [0.05, 0.1) is 18.2 Å². The van der Waals surface area contributed by atoms with Crippen molar-refractivity contribution in [1.82, 2.24) is 0 Å². The van der Waals surface area contributed by atoms with Gasteiger partial charge in [-0.25, -0.2) is 12.8 Å². The van der Waals surface area contributed by atoms with E-state index in [2.05, 4.69) is 10.0 Å². The average molecular weight is 374 g/mol. The van der Waals surface area contributed by atoms with Gasteiger partial charge in [0.1, 0.15) is 5.82 Å². The van der Waals surface area contributed by atoms with Crippen LogP contribution in [0.2, 0.25) is 0 Å². The number of nitrogens with one attached hydrogen (secondary N) is 2. The maximum atomic E-state index is 13.7. The van der Waals surface area contributed by atoms with Crippen LogP contribution in [-0.4, -0.2) is 20.6 Å².